The minimum Gasteiger partial charge on any atom is -0.444 e. The summed E-state index contributed by atoms with van der Waals surface area (Å²) in [6.45, 7) is 10.4. The van der Waals surface area contributed by atoms with Gasteiger partial charge in [0.2, 0.25) is 11.9 Å². The largest absolute Gasteiger partial charge is 0.444 e. The molecule has 1 aliphatic rings. The molecule has 15 heteroatoms. The van der Waals surface area contributed by atoms with Gasteiger partial charge in [-0.3, -0.25) is 9.59 Å². The molecule has 0 spiro atoms. The maximum atomic E-state index is 13.7. The Morgan fingerprint density at radius 2 is 1.74 bits per heavy atom. The Bertz CT molecular complexity index is 1560. The highest BCUT2D eigenvalue weighted by Crippen LogP contribution is 2.35. The van der Waals surface area contributed by atoms with E-state index in [9.17, 15) is 27.6 Å². The molecule has 228 valence electrons. The number of aromatic amines is 1. The van der Waals surface area contributed by atoms with Gasteiger partial charge in [0.05, 0.1) is 0 Å². The molecular formula is C28H31F3N8O4. The minimum absolute atomic E-state index is 0.0102. The zero-order valence-electron chi connectivity index (χ0n) is 23.7. The van der Waals surface area contributed by atoms with Crippen LogP contribution in [0.1, 0.15) is 26.3 Å². The number of piperazine rings is 1. The van der Waals surface area contributed by atoms with Gasteiger partial charge in [-0.1, -0.05) is 12.6 Å². The highest BCUT2D eigenvalue weighted by atomic mass is 19.4. The van der Waals surface area contributed by atoms with E-state index in [1.165, 1.54) is 24.3 Å². The summed E-state index contributed by atoms with van der Waals surface area (Å²) in [5.41, 5.74) is -1.73. The predicted octanol–water partition coefficient (Wildman–Crippen LogP) is 4.85. The number of hydrogen-bond donors (Lipinski definition) is 4. The Balaban J connectivity index is 1.48. The number of aromatic nitrogens is 3. The van der Waals surface area contributed by atoms with Gasteiger partial charge >= 0.3 is 12.3 Å². The lowest BCUT2D eigenvalue weighted by molar-refractivity contribution is -0.137. The number of hydrogen-bond acceptors (Lipinski definition) is 9. The number of pyridine rings is 1. The van der Waals surface area contributed by atoms with Gasteiger partial charge in [-0.15, -0.1) is 0 Å². The molecule has 4 N–H and O–H groups in total. The number of amides is 2. The van der Waals surface area contributed by atoms with Crippen LogP contribution in [-0.4, -0.2) is 63.6 Å². The number of carbonyl (C=O) groups excluding carboxylic acids is 2. The number of nitrogens with zero attached hydrogens (tertiary/aromatic N) is 4. The molecule has 43 heavy (non-hydrogen) atoms. The summed E-state index contributed by atoms with van der Waals surface area (Å²) in [6.07, 6.45) is -3.51. The molecule has 4 rings (SSSR count). The number of ether oxygens (including phenoxy) is 1. The van der Waals surface area contributed by atoms with E-state index >= 15 is 0 Å². The first kappa shape index (κ1) is 30.9. The fourth-order valence-corrected chi connectivity index (χ4v) is 4.07. The van der Waals surface area contributed by atoms with E-state index in [-0.39, 0.29) is 17.3 Å². The first-order valence-corrected chi connectivity index (χ1v) is 13.2. The predicted molar refractivity (Wildman–Crippen MR) is 156 cm³/mol. The number of alkyl halides is 3. The number of anilines is 6. The Morgan fingerprint density at radius 1 is 1.05 bits per heavy atom. The molecule has 12 nitrogen and oxygen atoms in total. The molecule has 3 heterocycles. The molecule has 2 amide bonds. The standard InChI is InChI=1S/C28H31F3N8O4/c1-5-22(40)33-17-7-6-8-18(15-17)34-23-19(28(29,30)31)16-32-25(37-23)35-20-9-10-21(36-24(20)41)38-11-13-39(14-12-38)26(42)43-27(2,3)4/h5-10,15-16H,1,11-14H2,2-4H3,(H,33,40)(H,36,41)(H2,32,34,35,37). The van der Waals surface area contributed by atoms with Gasteiger partial charge < -0.3 is 35.5 Å². The second kappa shape index (κ2) is 12.4. The molecule has 1 saturated heterocycles. The molecule has 1 aliphatic heterocycles. The van der Waals surface area contributed by atoms with E-state index in [2.05, 4.69) is 37.5 Å². The molecule has 1 aromatic carbocycles. The second-order valence-electron chi connectivity index (χ2n) is 10.5. The van der Waals surface area contributed by atoms with Crippen molar-refractivity contribution < 1.29 is 27.5 Å². The van der Waals surface area contributed by atoms with Crippen LogP contribution < -0.4 is 26.4 Å². The highest BCUT2D eigenvalue weighted by Gasteiger charge is 2.35. The van der Waals surface area contributed by atoms with Gasteiger partial charge in [-0.25, -0.2) is 9.78 Å². The maximum absolute atomic E-state index is 13.7. The van der Waals surface area contributed by atoms with E-state index in [4.69, 9.17) is 4.74 Å². The van der Waals surface area contributed by atoms with Crippen LogP contribution in [-0.2, 0) is 15.7 Å². The van der Waals surface area contributed by atoms with Gasteiger partial charge in [0, 0.05) is 43.8 Å². The quantitative estimate of drug-likeness (QED) is 0.280. The molecule has 0 bridgehead atoms. The summed E-state index contributed by atoms with van der Waals surface area (Å²) in [5.74, 6) is -0.789. The molecule has 0 saturated carbocycles. The summed E-state index contributed by atoms with van der Waals surface area (Å²) in [5, 5.41) is 7.80. The van der Waals surface area contributed by atoms with Crippen molar-refractivity contribution >= 4 is 46.6 Å². The third-order valence-electron chi connectivity index (χ3n) is 6.09. The van der Waals surface area contributed by atoms with Crippen LogP contribution in [0.2, 0.25) is 0 Å². The molecular weight excluding hydrogens is 569 g/mol. The fraction of sp³-hybridized carbons (Fsp3) is 0.321. The molecule has 2 aromatic heterocycles. The Labute approximate surface area is 245 Å². The number of benzene rings is 1. The summed E-state index contributed by atoms with van der Waals surface area (Å²) < 4.78 is 46.6. The van der Waals surface area contributed by atoms with Crippen molar-refractivity contribution in [3.8, 4) is 0 Å². The monoisotopic (exact) mass is 600 g/mol. The van der Waals surface area contributed by atoms with Gasteiger partial charge in [0.1, 0.15) is 28.5 Å². The van der Waals surface area contributed by atoms with Crippen LogP contribution >= 0.6 is 0 Å². The van der Waals surface area contributed by atoms with Gasteiger partial charge in [-0.05, 0) is 57.2 Å². The van der Waals surface area contributed by atoms with Gasteiger partial charge in [-0.2, -0.15) is 18.2 Å². The summed E-state index contributed by atoms with van der Waals surface area (Å²) in [6, 6.07) is 9.12. The highest BCUT2D eigenvalue weighted by molar-refractivity contribution is 5.99. The fourth-order valence-electron chi connectivity index (χ4n) is 4.07. The van der Waals surface area contributed by atoms with Gasteiger partial charge in [0.15, 0.2) is 0 Å². The Hall–Kier alpha value is -5.08. The van der Waals surface area contributed by atoms with Crippen LogP contribution in [0.3, 0.4) is 0 Å². The summed E-state index contributed by atoms with van der Waals surface area (Å²) in [4.78, 5) is 50.7. The zero-order chi connectivity index (χ0) is 31.4. The second-order valence-corrected chi connectivity index (χ2v) is 10.5. The molecule has 0 atom stereocenters. The number of rotatable bonds is 7. The molecule has 1 fully saturated rings. The van der Waals surface area contributed by atoms with E-state index in [0.717, 1.165) is 6.08 Å². The van der Waals surface area contributed by atoms with Crippen molar-refractivity contribution in [3.05, 3.63) is 71.2 Å². The van der Waals surface area contributed by atoms with E-state index in [1.807, 2.05) is 4.90 Å². The van der Waals surface area contributed by atoms with Crippen molar-refractivity contribution in [2.45, 2.75) is 32.5 Å². The molecule has 3 aromatic rings. The normalized spacial score (nSPS) is 13.7. The van der Waals surface area contributed by atoms with Crippen molar-refractivity contribution in [1.82, 2.24) is 19.9 Å². The van der Waals surface area contributed by atoms with Crippen LogP contribution in [0.25, 0.3) is 0 Å². The van der Waals surface area contributed by atoms with E-state index < -0.39 is 40.7 Å². The summed E-state index contributed by atoms with van der Waals surface area (Å²) >= 11 is 0. The SMILES string of the molecule is C=CC(=O)Nc1cccc(Nc2nc(Nc3ccc(N4CCN(C(=O)OC(C)(C)C)CC4)[nH]c3=O)ncc2C(F)(F)F)c1. The lowest BCUT2D eigenvalue weighted by Crippen LogP contribution is -2.50. The third kappa shape index (κ3) is 8.24. The van der Waals surface area contributed by atoms with Crippen LogP contribution in [0.15, 0.2) is 60.0 Å². The van der Waals surface area contributed by atoms with Crippen molar-refractivity contribution in [3.63, 3.8) is 0 Å². The van der Waals surface area contributed by atoms with Gasteiger partial charge in [0.25, 0.3) is 5.56 Å². The zero-order valence-corrected chi connectivity index (χ0v) is 23.7. The van der Waals surface area contributed by atoms with Crippen molar-refractivity contribution in [1.29, 1.82) is 0 Å². The lowest BCUT2D eigenvalue weighted by atomic mass is 10.2. The first-order chi connectivity index (χ1) is 20.2. The third-order valence-corrected chi connectivity index (χ3v) is 6.09. The van der Waals surface area contributed by atoms with Crippen LogP contribution in [0.4, 0.5) is 52.6 Å². The smallest absolute Gasteiger partial charge is 0.421 e. The Morgan fingerprint density at radius 3 is 2.37 bits per heavy atom. The number of halogens is 3. The van der Waals surface area contributed by atoms with Crippen molar-refractivity contribution in [2.75, 3.05) is 47.0 Å². The topological polar surface area (TPSA) is 145 Å². The van der Waals surface area contributed by atoms with E-state index in [1.54, 1.807) is 37.8 Å². The van der Waals surface area contributed by atoms with Crippen LogP contribution in [0.5, 0.6) is 0 Å². The van der Waals surface area contributed by atoms with E-state index in [0.29, 0.717) is 43.9 Å². The van der Waals surface area contributed by atoms with Crippen molar-refractivity contribution in [2.24, 2.45) is 0 Å². The summed E-state index contributed by atoms with van der Waals surface area (Å²) in [7, 11) is 0. The molecule has 0 aliphatic carbocycles. The molecule has 0 radical (unpaired) electrons. The number of nitrogens with one attached hydrogen (secondary N) is 4. The lowest BCUT2D eigenvalue weighted by Gasteiger charge is -2.36. The minimum atomic E-state index is -4.78. The molecule has 0 unspecified atom stereocenters. The van der Waals surface area contributed by atoms with Crippen LogP contribution in [0, 0.1) is 0 Å². The first-order valence-electron chi connectivity index (χ1n) is 13.2. The number of carbonyl (C=O) groups is 2. The average Bonchev–Trinajstić information content (AvgIpc) is 2.93. The Kier molecular flexibility index (Phi) is 8.92. The maximum Gasteiger partial charge on any atom is 0.421 e. The average molecular weight is 601 g/mol. The number of H-pyrrole nitrogens is 1.